The summed E-state index contributed by atoms with van der Waals surface area (Å²) in [7, 11) is 0. The highest BCUT2D eigenvalue weighted by Crippen LogP contribution is 2.68. The minimum Gasteiger partial charge on any atom is -0.300 e. The zero-order valence-corrected chi connectivity index (χ0v) is 17.2. The maximum absolute atomic E-state index is 12.0. The molecule has 0 saturated heterocycles. The van der Waals surface area contributed by atoms with Crippen molar-refractivity contribution in [2.45, 2.75) is 98.3 Å². The molecule has 4 aliphatic rings. The lowest BCUT2D eigenvalue weighted by Gasteiger charge is -2.60. The number of ketones is 1. The molecule has 0 N–H and O–H groups in total. The Morgan fingerprint density at radius 2 is 1.76 bits per heavy atom. The van der Waals surface area contributed by atoms with E-state index in [-0.39, 0.29) is 0 Å². The molecule has 0 bridgehead atoms. The van der Waals surface area contributed by atoms with Gasteiger partial charge in [-0.25, -0.2) is 0 Å². The van der Waals surface area contributed by atoms with E-state index >= 15 is 0 Å². The number of carbonyl (C=O) groups excluding carboxylic acids is 1. The van der Waals surface area contributed by atoms with Crippen molar-refractivity contribution in [3.63, 3.8) is 0 Å². The first-order valence-corrected chi connectivity index (χ1v) is 11.4. The van der Waals surface area contributed by atoms with Gasteiger partial charge in [-0.1, -0.05) is 40.5 Å². The van der Waals surface area contributed by atoms with Gasteiger partial charge in [-0.05, 0) is 91.3 Å². The quantitative estimate of drug-likeness (QED) is 0.560. The Bertz CT molecular complexity index is 524. The molecule has 0 heterocycles. The van der Waals surface area contributed by atoms with Crippen LogP contribution in [0, 0.1) is 46.3 Å². The predicted molar refractivity (Wildman–Crippen MR) is 104 cm³/mol. The molecule has 1 nitrogen and oxygen atoms in total. The molecule has 4 fully saturated rings. The lowest BCUT2D eigenvalue weighted by Crippen LogP contribution is -2.53. The summed E-state index contributed by atoms with van der Waals surface area (Å²) >= 11 is 0. The van der Waals surface area contributed by atoms with Crippen molar-refractivity contribution in [3.05, 3.63) is 0 Å². The van der Waals surface area contributed by atoms with E-state index in [1.807, 2.05) is 0 Å². The summed E-state index contributed by atoms with van der Waals surface area (Å²) in [5, 5.41) is 0. The molecule has 8 atom stereocenters. The Morgan fingerprint density at radius 3 is 2.52 bits per heavy atom. The summed E-state index contributed by atoms with van der Waals surface area (Å²) in [5.74, 6) is 6.00. The third-order valence-corrected chi connectivity index (χ3v) is 9.99. The van der Waals surface area contributed by atoms with Crippen LogP contribution in [0.3, 0.4) is 0 Å². The zero-order chi connectivity index (χ0) is 17.8. The van der Waals surface area contributed by atoms with Crippen LogP contribution < -0.4 is 0 Å². The molecule has 0 aromatic rings. The van der Waals surface area contributed by atoms with Gasteiger partial charge in [0.05, 0.1) is 0 Å². The van der Waals surface area contributed by atoms with Crippen LogP contribution in [0.5, 0.6) is 0 Å². The van der Waals surface area contributed by atoms with E-state index in [9.17, 15) is 4.79 Å². The maximum atomic E-state index is 12.0. The second kappa shape index (κ2) is 6.38. The molecule has 1 heteroatoms. The first-order valence-electron chi connectivity index (χ1n) is 11.4. The second-order valence-corrected chi connectivity index (χ2v) is 10.9. The van der Waals surface area contributed by atoms with Gasteiger partial charge in [0, 0.05) is 12.8 Å². The predicted octanol–water partition coefficient (Wildman–Crippen LogP) is 6.65. The summed E-state index contributed by atoms with van der Waals surface area (Å²) in [6.07, 6.45) is 14.4. The largest absolute Gasteiger partial charge is 0.300 e. The Hall–Kier alpha value is -0.330. The fourth-order valence-electron chi connectivity index (χ4n) is 8.68. The van der Waals surface area contributed by atoms with Gasteiger partial charge in [-0.3, -0.25) is 4.79 Å². The highest BCUT2D eigenvalue weighted by Gasteiger charge is 2.60. The van der Waals surface area contributed by atoms with E-state index in [0.29, 0.717) is 22.5 Å². The third kappa shape index (κ3) is 2.66. The van der Waals surface area contributed by atoms with Crippen LogP contribution in [0.25, 0.3) is 0 Å². The minimum atomic E-state index is 0.477. The number of fused-ring (bicyclic) bond motifs is 5. The van der Waals surface area contributed by atoms with Gasteiger partial charge in [-0.15, -0.1) is 0 Å². The fourth-order valence-corrected chi connectivity index (χ4v) is 8.68. The van der Waals surface area contributed by atoms with Gasteiger partial charge >= 0.3 is 0 Å². The smallest absolute Gasteiger partial charge is 0.133 e. The van der Waals surface area contributed by atoms with E-state index in [2.05, 4.69) is 27.7 Å². The number of hydrogen-bond donors (Lipinski definition) is 0. The second-order valence-electron chi connectivity index (χ2n) is 10.9. The van der Waals surface area contributed by atoms with Gasteiger partial charge in [0.2, 0.25) is 0 Å². The van der Waals surface area contributed by atoms with E-state index in [1.54, 1.807) is 0 Å². The van der Waals surface area contributed by atoms with Crippen LogP contribution in [0.15, 0.2) is 0 Å². The van der Waals surface area contributed by atoms with Crippen LogP contribution in [0.4, 0.5) is 0 Å². The lowest BCUT2D eigenvalue weighted by molar-refractivity contribution is -0.140. The van der Waals surface area contributed by atoms with Crippen molar-refractivity contribution >= 4 is 5.78 Å². The lowest BCUT2D eigenvalue weighted by atomic mass is 9.44. The van der Waals surface area contributed by atoms with Crippen LogP contribution in [0.1, 0.15) is 98.3 Å². The zero-order valence-electron chi connectivity index (χ0n) is 17.2. The molecule has 4 saturated carbocycles. The molecule has 1 unspecified atom stereocenters. The molecule has 4 rings (SSSR count). The Kier molecular flexibility index (Phi) is 4.61. The van der Waals surface area contributed by atoms with Gasteiger partial charge in [0.25, 0.3) is 0 Å². The molecule has 0 spiro atoms. The SMILES string of the molecule is CCCC(C)[C@H]1CC[C@H]2[C@@H]3CC[C@@H]4CC(=O)CC[C@]4(C)[C@H]3CC[C@]12C. The standard InChI is InChI=1S/C24H40O/c1-5-6-16(2)20-9-10-21-19-8-7-17-15-18(25)11-13-23(17,3)22(19)12-14-24(20,21)4/h16-17,19-22H,5-15H2,1-4H3/t16?,17-,19+,20-,21+,22+,23+,24-/m1/s1. The van der Waals surface area contributed by atoms with Crippen LogP contribution >= 0.6 is 0 Å². The topological polar surface area (TPSA) is 17.1 Å². The summed E-state index contributed by atoms with van der Waals surface area (Å²) in [5.41, 5.74) is 1.09. The monoisotopic (exact) mass is 344 g/mol. The van der Waals surface area contributed by atoms with Gasteiger partial charge in [-0.2, -0.15) is 0 Å². The van der Waals surface area contributed by atoms with Crippen molar-refractivity contribution in [1.29, 1.82) is 0 Å². The first kappa shape index (κ1) is 18.1. The van der Waals surface area contributed by atoms with Crippen molar-refractivity contribution < 1.29 is 4.79 Å². The van der Waals surface area contributed by atoms with E-state index in [0.717, 1.165) is 42.4 Å². The molecule has 142 valence electrons. The fraction of sp³-hybridized carbons (Fsp3) is 0.958. The summed E-state index contributed by atoms with van der Waals surface area (Å²) in [6.45, 7) is 10.2. The van der Waals surface area contributed by atoms with Gasteiger partial charge < -0.3 is 0 Å². The molecule has 0 amide bonds. The molecule has 0 aromatic heterocycles. The Morgan fingerprint density at radius 1 is 1.00 bits per heavy atom. The number of carbonyl (C=O) groups is 1. The highest BCUT2D eigenvalue weighted by atomic mass is 16.1. The molecule has 0 aliphatic heterocycles. The van der Waals surface area contributed by atoms with E-state index in [4.69, 9.17) is 0 Å². The van der Waals surface area contributed by atoms with E-state index < -0.39 is 0 Å². The molecule has 0 radical (unpaired) electrons. The summed E-state index contributed by atoms with van der Waals surface area (Å²) in [4.78, 5) is 12.0. The molecule has 0 aromatic carbocycles. The third-order valence-electron chi connectivity index (χ3n) is 9.99. The van der Waals surface area contributed by atoms with Gasteiger partial charge in [0.15, 0.2) is 0 Å². The van der Waals surface area contributed by atoms with Gasteiger partial charge in [0.1, 0.15) is 5.78 Å². The van der Waals surface area contributed by atoms with Crippen LogP contribution in [0.2, 0.25) is 0 Å². The Balaban J connectivity index is 1.57. The van der Waals surface area contributed by atoms with Crippen molar-refractivity contribution in [2.75, 3.05) is 0 Å². The van der Waals surface area contributed by atoms with Crippen molar-refractivity contribution in [1.82, 2.24) is 0 Å². The molecule has 4 aliphatic carbocycles. The average Bonchev–Trinajstić information content (AvgIpc) is 2.93. The Labute approximate surface area is 155 Å². The number of Topliss-reactive ketones (excluding diaryl/α,β-unsaturated/α-hetero) is 1. The van der Waals surface area contributed by atoms with Crippen LogP contribution in [-0.4, -0.2) is 5.78 Å². The summed E-state index contributed by atoms with van der Waals surface area (Å²) < 4.78 is 0. The van der Waals surface area contributed by atoms with E-state index in [1.165, 1.54) is 57.8 Å². The molecular formula is C24H40O. The average molecular weight is 345 g/mol. The molecular weight excluding hydrogens is 304 g/mol. The number of rotatable bonds is 3. The highest BCUT2D eigenvalue weighted by molar-refractivity contribution is 5.79. The maximum Gasteiger partial charge on any atom is 0.133 e. The van der Waals surface area contributed by atoms with Crippen LogP contribution in [-0.2, 0) is 4.79 Å². The normalized spacial score (nSPS) is 50.7. The number of hydrogen-bond acceptors (Lipinski definition) is 1. The minimum absolute atomic E-state index is 0.477. The molecule has 25 heavy (non-hydrogen) atoms. The summed E-state index contributed by atoms with van der Waals surface area (Å²) in [6, 6.07) is 0. The first-order chi connectivity index (χ1) is 11.9. The van der Waals surface area contributed by atoms with Crippen molar-refractivity contribution in [2.24, 2.45) is 46.3 Å². The van der Waals surface area contributed by atoms with Crippen molar-refractivity contribution in [3.8, 4) is 0 Å².